The summed E-state index contributed by atoms with van der Waals surface area (Å²) >= 11 is 0. The van der Waals surface area contributed by atoms with E-state index in [-0.39, 0.29) is 30.2 Å². The summed E-state index contributed by atoms with van der Waals surface area (Å²) in [5.41, 5.74) is 6.32. The van der Waals surface area contributed by atoms with Gasteiger partial charge in [-0.05, 0) is 43.4 Å². The second kappa shape index (κ2) is 6.97. The molecule has 1 amide bonds. The van der Waals surface area contributed by atoms with Gasteiger partial charge in [0.15, 0.2) is 0 Å². The van der Waals surface area contributed by atoms with E-state index in [1.54, 1.807) is 6.07 Å². The fraction of sp³-hybridized carbons (Fsp3) is 0.588. The largest absolute Gasteiger partial charge is 0.340 e. The third-order valence-corrected chi connectivity index (χ3v) is 4.99. The maximum atomic E-state index is 13.6. The van der Waals surface area contributed by atoms with Crippen molar-refractivity contribution in [2.45, 2.75) is 50.0 Å². The highest BCUT2D eigenvalue weighted by Crippen LogP contribution is 2.43. The lowest BCUT2D eigenvalue weighted by molar-refractivity contribution is -0.138. The van der Waals surface area contributed by atoms with Crippen LogP contribution in [0.1, 0.15) is 44.1 Å². The highest BCUT2D eigenvalue weighted by Gasteiger charge is 2.45. The van der Waals surface area contributed by atoms with E-state index >= 15 is 0 Å². The van der Waals surface area contributed by atoms with Crippen molar-refractivity contribution in [3.8, 4) is 0 Å². The van der Waals surface area contributed by atoms with Crippen LogP contribution in [-0.4, -0.2) is 29.9 Å². The predicted octanol–water partition coefficient (Wildman–Crippen LogP) is 3.01. The molecule has 5 heteroatoms. The molecule has 1 heterocycles. The van der Waals surface area contributed by atoms with Crippen LogP contribution in [0.5, 0.6) is 0 Å². The monoisotopic (exact) mass is 326 g/mol. The molecule has 1 aliphatic carbocycles. The number of hydrogen-bond acceptors (Lipinski definition) is 2. The second-order valence-electron chi connectivity index (χ2n) is 6.45. The number of carbonyl (C=O) groups is 1. The minimum absolute atomic E-state index is 0. The predicted molar refractivity (Wildman–Crippen MR) is 87.6 cm³/mol. The molecule has 0 radical (unpaired) electrons. The molecular formula is C17H24ClFN2O. The van der Waals surface area contributed by atoms with Crippen molar-refractivity contribution in [3.05, 3.63) is 35.6 Å². The molecule has 2 aliphatic rings. The molecule has 0 spiro atoms. The number of likely N-dealkylation sites (tertiary alicyclic amines) is 1. The lowest BCUT2D eigenvalue weighted by Crippen LogP contribution is -2.52. The molecule has 2 N–H and O–H groups in total. The van der Waals surface area contributed by atoms with E-state index in [9.17, 15) is 9.18 Å². The topological polar surface area (TPSA) is 46.3 Å². The minimum Gasteiger partial charge on any atom is -0.340 e. The molecule has 1 aromatic rings. The van der Waals surface area contributed by atoms with Crippen LogP contribution < -0.4 is 5.73 Å². The number of carbonyl (C=O) groups excluding carboxylic acids is 1. The van der Waals surface area contributed by atoms with Gasteiger partial charge in [0.25, 0.3) is 0 Å². The first kappa shape index (κ1) is 17.2. The van der Waals surface area contributed by atoms with Crippen LogP contribution in [0.2, 0.25) is 0 Å². The number of nitrogens with zero attached hydrogens (tertiary/aromatic N) is 1. The maximum absolute atomic E-state index is 13.6. The van der Waals surface area contributed by atoms with Crippen LogP contribution in [-0.2, 0) is 10.2 Å². The Balaban J connectivity index is 0.00000176. The molecule has 1 aromatic carbocycles. The zero-order valence-electron chi connectivity index (χ0n) is 12.8. The molecule has 0 bridgehead atoms. The fourth-order valence-corrected chi connectivity index (χ4v) is 3.89. The normalized spacial score (nSPS) is 23.9. The summed E-state index contributed by atoms with van der Waals surface area (Å²) in [4.78, 5) is 15.0. The van der Waals surface area contributed by atoms with Crippen LogP contribution in [0.15, 0.2) is 24.3 Å². The molecule has 122 valence electrons. The summed E-state index contributed by atoms with van der Waals surface area (Å²) in [6, 6.07) is 6.66. The molecule has 1 unspecified atom stereocenters. The Hall–Kier alpha value is -1.13. The third-order valence-electron chi connectivity index (χ3n) is 4.99. The van der Waals surface area contributed by atoms with Gasteiger partial charge in [0.1, 0.15) is 5.82 Å². The molecule has 1 aliphatic heterocycles. The Morgan fingerprint density at radius 2 is 2.00 bits per heavy atom. The second-order valence-corrected chi connectivity index (χ2v) is 6.45. The molecule has 22 heavy (non-hydrogen) atoms. The molecule has 1 saturated heterocycles. The third kappa shape index (κ3) is 3.13. The van der Waals surface area contributed by atoms with Gasteiger partial charge in [0.05, 0.1) is 5.41 Å². The summed E-state index contributed by atoms with van der Waals surface area (Å²) < 4.78 is 13.6. The van der Waals surface area contributed by atoms with Gasteiger partial charge < -0.3 is 10.6 Å². The number of halogens is 2. The number of rotatable bonds is 2. The van der Waals surface area contributed by atoms with Gasteiger partial charge in [-0.25, -0.2) is 4.39 Å². The molecule has 1 atom stereocenters. The van der Waals surface area contributed by atoms with Crippen LogP contribution >= 0.6 is 12.4 Å². The van der Waals surface area contributed by atoms with Crippen molar-refractivity contribution in [2.24, 2.45) is 5.73 Å². The maximum Gasteiger partial charge on any atom is 0.233 e. The lowest BCUT2D eigenvalue weighted by Gasteiger charge is -2.38. The zero-order chi connectivity index (χ0) is 14.9. The van der Waals surface area contributed by atoms with Gasteiger partial charge >= 0.3 is 0 Å². The summed E-state index contributed by atoms with van der Waals surface area (Å²) in [5, 5.41) is 0. The Bertz CT molecular complexity index is 531. The van der Waals surface area contributed by atoms with E-state index in [1.807, 2.05) is 11.0 Å². The van der Waals surface area contributed by atoms with Gasteiger partial charge in [-0.1, -0.05) is 25.0 Å². The van der Waals surface area contributed by atoms with Crippen LogP contribution in [0, 0.1) is 5.82 Å². The van der Waals surface area contributed by atoms with Crippen LogP contribution in [0.4, 0.5) is 4.39 Å². The van der Waals surface area contributed by atoms with Crippen molar-refractivity contribution < 1.29 is 9.18 Å². The number of nitrogens with two attached hydrogens (primary N) is 1. The molecule has 3 rings (SSSR count). The quantitative estimate of drug-likeness (QED) is 0.908. The van der Waals surface area contributed by atoms with E-state index in [4.69, 9.17) is 5.73 Å². The van der Waals surface area contributed by atoms with E-state index in [2.05, 4.69) is 0 Å². The first-order chi connectivity index (χ1) is 10.1. The van der Waals surface area contributed by atoms with Gasteiger partial charge in [-0.3, -0.25) is 4.79 Å². The number of hydrogen-bond donors (Lipinski definition) is 1. The van der Waals surface area contributed by atoms with Crippen molar-refractivity contribution in [2.75, 3.05) is 13.1 Å². The van der Waals surface area contributed by atoms with Crippen molar-refractivity contribution >= 4 is 18.3 Å². The lowest BCUT2D eigenvalue weighted by atomic mass is 9.77. The van der Waals surface area contributed by atoms with Crippen molar-refractivity contribution in [1.29, 1.82) is 0 Å². The smallest absolute Gasteiger partial charge is 0.233 e. The molecule has 1 saturated carbocycles. The highest BCUT2D eigenvalue weighted by atomic mass is 35.5. The first-order valence-electron chi connectivity index (χ1n) is 7.93. The number of amides is 1. The fourth-order valence-electron chi connectivity index (χ4n) is 3.89. The van der Waals surface area contributed by atoms with E-state index < -0.39 is 5.41 Å². The van der Waals surface area contributed by atoms with E-state index in [0.717, 1.165) is 50.6 Å². The van der Waals surface area contributed by atoms with Crippen LogP contribution in [0.3, 0.4) is 0 Å². The number of benzene rings is 1. The van der Waals surface area contributed by atoms with E-state index in [1.165, 1.54) is 12.1 Å². The van der Waals surface area contributed by atoms with Gasteiger partial charge in [0.2, 0.25) is 5.91 Å². The van der Waals surface area contributed by atoms with Crippen molar-refractivity contribution in [1.82, 2.24) is 4.90 Å². The summed E-state index contributed by atoms with van der Waals surface area (Å²) in [5.74, 6) is -0.109. The molecule has 0 aromatic heterocycles. The Kier molecular flexibility index (Phi) is 5.45. The average molecular weight is 327 g/mol. The molecule has 3 nitrogen and oxygen atoms in total. The van der Waals surface area contributed by atoms with Crippen molar-refractivity contribution in [3.63, 3.8) is 0 Å². The summed E-state index contributed by atoms with van der Waals surface area (Å²) in [6.07, 6.45) is 5.65. The SMILES string of the molecule is Cl.NC1CCCN(C(=O)C2(c3cccc(F)c3)CCCC2)C1. The molecular weight excluding hydrogens is 303 g/mol. The molecule has 2 fully saturated rings. The summed E-state index contributed by atoms with van der Waals surface area (Å²) in [6.45, 7) is 1.42. The van der Waals surface area contributed by atoms with E-state index in [0.29, 0.717) is 6.54 Å². The first-order valence-corrected chi connectivity index (χ1v) is 7.93. The summed E-state index contributed by atoms with van der Waals surface area (Å²) in [7, 11) is 0. The van der Waals surface area contributed by atoms with Gasteiger partial charge in [0, 0.05) is 19.1 Å². The number of piperidine rings is 1. The van der Waals surface area contributed by atoms with Gasteiger partial charge in [-0.2, -0.15) is 0 Å². The van der Waals surface area contributed by atoms with Crippen LogP contribution in [0.25, 0.3) is 0 Å². The Morgan fingerprint density at radius 1 is 1.27 bits per heavy atom. The Labute approximate surface area is 137 Å². The highest BCUT2D eigenvalue weighted by molar-refractivity contribution is 5.88. The standard InChI is InChI=1S/C17H23FN2O.ClH/c18-14-6-3-5-13(11-14)17(8-1-2-9-17)16(21)20-10-4-7-15(19)12-20;/h3,5-6,11,15H,1-2,4,7-10,12,19H2;1H. The average Bonchev–Trinajstić information content (AvgIpc) is 2.97. The zero-order valence-corrected chi connectivity index (χ0v) is 13.6. The minimum atomic E-state index is -0.529. The Morgan fingerprint density at radius 3 is 2.64 bits per heavy atom. The van der Waals surface area contributed by atoms with Gasteiger partial charge in [-0.15, -0.1) is 12.4 Å².